The lowest BCUT2D eigenvalue weighted by Crippen LogP contribution is -2.61. The fourth-order valence-electron chi connectivity index (χ4n) is 5.28. The molecule has 1 saturated carbocycles. The number of hydrogen-bond donors (Lipinski definition) is 2. The number of nitrogens with one attached hydrogen (secondary N) is 1. The smallest absolute Gasteiger partial charge is 0.409 e. The summed E-state index contributed by atoms with van der Waals surface area (Å²) in [4.78, 5) is 42.8. The number of carbonyl (C=O) groups is 3. The molecule has 2 aliphatic rings. The lowest BCUT2D eigenvalue weighted by Gasteiger charge is -2.40. The quantitative estimate of drug-likeness (QED) is 0.454. The lowest BCUT2D eigenvalue weighted by molar-refractivity contribution is -0.143. The first-order valence-electron chi connectivity index (χ1n) is 13.6. The zero-order valence-electron chi connectivity index (χ0n) is 22.0. The van der Waals surface area contributed by atoms with Crippen molar-refractivity contribution in [3.8, 4) is 5.75 Å². The molecule has 0 bridgehead atoms. The minimum atomic E-state index is -0.838. The van der Waals surface area contributed by atoms with Gasteiger partial charge < -0.3 is 25.6 Å². The van der Waals surface area contributed by atoms with Crippen LogP contribution in [0.15, 0.2) is 42.5 Å². The molecule has 1 heterocycles. The van der Waals surface area contributed by atoms with E-state index in [2.05, 4.69) is 5.32 Å². The Labute approximate surface area is 239 Å². The minimum absolute atomic E-state index is 0.0250. The number of halogens is 2. The van der Waals surface area contributed by atoms with E-state index in [0.29, 0.717) is 28.9 Å². The number of hydrogen-bond acceptors (Lipinski definition) is 5. The van der Waals surface area contributed by atoms with E-state index in [1.807, 2.05) is 12.1 Å². The molecule has 1 saturated heterocycles. The minimum Gasteiger partial charge on any atom is -0.409 e. The van der Waals surface area contributed by atoms with Crippen LogP contribution in [0.3, 0.4) is 0 Å². The van der Waals surface area contributed by atoms with Crippen molar-refractivity contribution in [2.24, 2.45) is 11.7 Å². The third-order valence-corrected chi connectivity index (χ3v) is 8.25. The highest BCUT2D eigenvalue weighted by Gasteiger charge is 2.37. The average Bonchev–Trinajstić information content (AvgIpc) is 2.96. The van der Waals surface area contributed by atoms with Crippen LogP contribution in [-0.2, 0) is 22.7 Å². The van der Waals surface area contributed by atoms with Crippen LogP contribution in [-0.4, -0.2) is 53.4 Å². The van der Waals surface area contributed by atoms with Gasteiger partial charge in [-0.1, -0.05) is 79.6 Å². The molecule has 8 nitrogen and oxygen atoms in total. The summed E-state index contributed by atoms with van der Waals surface area (Å²) in [7, 11) is 0. The van der Waals surface area contributed by atoms with Crippen molar-refractivity contribution in [1.29, 1.82) is 0 Å². The van der Waals surface area contributed by atoms with Gasteiger partial charge in [0.1, 0.15) is 6.04 Å². The van der Waals surface area contributed by atoms with Gasteiger partial charge in [0.05, 0.1) is 11.6 Å². The molecule has 1 aliphatic carbocycles. The van der Waals surface area contributed by atoms with Crippen LogP contribution >= 0.6 is 23.2 Å². The summed E-state index contributed by atoms with van der Waals surface area (Å²) in [5.41, 5.74) is 7.32. The first kappa shape index (κ1) is 29.2. The predicted octanol–water partition coefficient (Wildman–Crippen LogP) is 5.14. The second-order valence-electron chi connectivity index (χ2n) is 10.2. The van der Waals surface area contributed by atoms with Crippen molar-refractivity contribution in [3.63, 3.8) is 0 Å². The second-order valence-corrected chi connectivity index (χ2v) is 11.1. The van der Waals surface area contributed by atoms with Crippen LogP contribution in [0.5, 0.6) is 5.75 Å². The first-order chi connectivity index (χ1) is 18.9. The number of ether oxygens (including phenoxy) is 1. The number of para-hydroxylation sites is 1. The molecule has 210 valence electrons. The molecule has 39 heavy (non-hydrogen) atoms. The summed E-state index contributed by atoms with van der Waals surface area (Å²) in [6.07, 6.45) is 6.62. The SMILES string of the molecule is NCc1ccc(CNC(=O)[C@@H]2CN(C(=O)Oc3ccccc3Cl)CCN2C(=O)CCC2CCCCC2)cc1Cl. The molecule has 10 heteroatoms. The third-order valence-electron chi connectivity index (χ3n) is 7.59. The first-order valence-corrected chi connectivity index (χ1v) is 14.4. The number of piperazine rings is 1. The van der Waals surface area contributed by atoms with Gasteiger partial charge in [-0.2, -0.15) is 0 Å². The van der Waals surface area contributed by atoms with Crippen molar-refractivity contribution in [2.75, 3.05) is 19.6 Å². The number of nitrogens with zero attached hydrogens (tertiary/aromatic N) is 2. The van der Waals surface area contributed by atoms with Gasteiger partial charge in [0.2, 0.25) is 11.8 Å². The summed E-state index contributed by atoms with van der Waals surface area (Å²) in [6.45, 7) is 1.09. The Kier molecular flexibility index (Phi) is 10.5. The molecule has 1 aliphatic heterocycles. The highest BCUT2D eigenvalue weighted by atomic mass is 35.5. The molecule has 0 aromatic heterocycles. The standard InChI is InChI=1S/C29H36Cl2N4O4/c30-23-8-4-5-9-26(23)39-29(38)34-14-15-35(27(36)13-11-20-6-2-1-3-7-20)25(19-34)28(37)33-18-21-10-12-22(17-32)24(31)16-21/h4-5,8-10,12,16,20,25H,1-3,6-7,11,13-15,17-19,32H2,(H,33,37)/t25-/m0/s1. The highest BCUT2D eigenvalue weighted by molar-refractivity contribution is 6.32. The maximum atomic E-state index is 13.4. The fraction of sp³-hybridized carbons (Fsp3) is 0.483. The Morgan fingerprint density at radius 1 is 1.00 bits per heavy atom. The van der Waals surface area contributed by atoms with E-state index in [1.165, 1.54) is 24.2 Å². The monoisotopic (exact) mass is 574 g/mol. The van der Waals surface area contributed by atoms with Crippen LogP contribution in [0.1, 0.15) is 56.1 Å². The predicted molar refractivity (Wildman–Crippen MR) is 152 cm³/mol. The van der Waals surface area contributed by atoms with E-state index in [9.17, 15) is 14.4 Å². The number of amides is 3. The van der Waals surface area contributed by atoms with E-state index >= 15 is 0 Å². The van der Waals surface area contributed by atoms with Crippen LogP contribution < -0.4 is 15.8 Å². The van der Waals surface area contributed by atoms with E-state index in [0.717, 1.165) is 30.4 Å². The molecule has 0 radical (unpaired) electrons. The van der Waals surface area contributed by atoms with Crippen LogP contribution in [0, 0.1) is 5.92 Å². The van der Waals surface area contributed by atoms with E-state index in [1.54, 1.807) is 35.2 Å². The second kappa shape index (κ2) is 14.0. The summed E-state index contributed by atoms with van der Waals surface area (Å²) in [5.74, 6) is 0.405. The normalized spacial score (nSPS) is 18.1. The Balaban J connectivity index is 1.43. The molecular formula is C29H36Cl2N4O4. The maximum Gasteiger partial charge on any atom is 0.415 e. The van der Waals surface area contributed by atoms with Crippen molar-refractivity contribution in [2.45, 2.75) is 64.1 Å². The summed E-state index contributed by atoms with van der Waals surface area (Å²) >= 11 is 12.4. The highest BCUT2D eigenvalue weighted by Crippen LogP contribution is 2.28. The van der Waals surface area contributed by atoms with Gasteiger partial charge in [-0.05, 0) is 41.7 Å². The number of rotatable bonds is 8. The largest absolute Gasteiger partial charge is 0.415 e. The number of benzene rings is 2. The third kappa shape index (κ3) is 7.87. The van der Waals surface area contributed by atoms with E-state index in [4.69, 9.17) is 33.7 Å². The molecule has 0 unspecified atom stereocenters. The molecule has 3 N–H and O–H groups in total. The van der Waals surface area contributed by atoms with Crippen molar-refractivity contribution in [1.82, 2.24) is 15.1 Å². The van der Waals surface area contributed by atoms with E-state index in [-0.39, 0.29) is 43.7 Å². The van der Waals surface area contributed by atoms with Crippen LogP contribution in [0.2, 0.25) is 10.0 Å². The molecular weight excluding hydrogens is 539 g/mol. The molecule has 4 rings (SSSR count). The Bertz CT molecular complexity index is 1170. The molecule has 1 atom stereocenters. The van der Waals surface area contributed by atoms with E-state index < -0.39 is 12.1 Å². The van der Waals surface area contributed by atoms with Gasteiger partial charge >= 0.3 is 6.09 Å². The van der Waals surface area contributed by atoms with Gasteiger partial charge in [0, 0.05) is 37.6 Å². The average molecular weight is 576 g/mol. The number of carbonyl (C=O) groups excluding carboxylic acids is 3. The van der Waals surface area contributed by atoms with Gasteiger partial charge in [0.15, 0.2) is 5.75 Å². The Morgan fingerprint density at radius 2 is 1.77 bits per heavy atom. The van der Waals surface area contributed by atoms with Gasteiger partial charge in [-0.15, -0.1) is 0 Å². The fourth-order valence-corrected chi connectivity index (χ4v) is 5.73. The molecule has 2 aromatic carbocycles. The summed E-state index contributed by atoms with van der Waals surface area (Å²) in [5, 5.41) is 3.77. The Morgan fingerprint density at radius 3 is 2.49 bits per heavy atom. The lowest BCUT2D eigenvalue weighted by atomic mass is 9.86. The molecule has 2 aromatic rings. The van der Waals surface area contributed by atoms with Crippen LogP contribution in [0.25, 0.3) is 0 Å². The van der Waals surface area contributed by atoms with Crippen molar-refractivity contribution < 1.29 is 19.1 Å². The number of nitrogens with two attached hydrogens (primary N) is 1. The van der Waals surface area contributed by atoms with Crippen LogP contribution in [0.4, 0.5) is 4.79 Å². The van der Waals surface area contributed by atoms with Crippen molar-refractivity contribution >= 4 is 41.1 Å². The molecule has 3 amide bonds. The van der Waals surface area contributed by atoms with Crippen molar-refractivity contribution in [3.05, 3.63) is 63.6 Å². The molecule has 0 spiro atoms. The Hall–Kier alpha value is -2.81. The van der Waals surface area contributed by atoms with Gasteiger partial charge in [0.25, 0.3) is 0 Å². The maximum absolute atomic E-state index is 13.4. The van der Waals surface area contributed by atoms with Gasteiger partial charge in [-0.3, -0.25) is 9.59 Å². The summed E-state index contributed by atoms with van der Waals surface area (Å²) < 4.78 is 5.49. The zero-order valence-corrected chi connectivity index (χ0v) is 23.6. The summed E-state index contributed by atoms with van der Waals surface area (Å²) in [6, 6.07) is 11.3. The van der Waals surface area contributed by atoms with Gasteiger partial charge in [-0.25, -0.2) is 4.79 Å². The topological polar surface area (TPSA) is 105 Å². The zero-order chi connectivity index (χ0) is 27.8. The molecule has 2 fully saturated rings.